The topological polar surface area (TPSA) is 72.4 Å². The Morgan fingerprint density at radius 2 is 2.08 bits per heavy atom. The number of nitrogens with one attached hydrogen (secondary N) is 1. The lowest BCUT2D eigenvalue weighted by molar-refractivity contribution is 0.101. The molecule has 0 aliphatic heterocycles. The molecule has 8 heteroatoms. The quantitative estimate of drug-likeness (QED) is 0.665. The lowest BCUT2D eigenvalue weighted by Crippen LogP contribution is -2.23. The predicted molar refractivity (Wildman–Crippen MR) is 105 cm³/mol. The number of hydrogen-bond donors (Lipinski definition) is 1. The molecule has 1 N–H and O–H groups in total. The van der Waals surface area contributed by atoms with Crippen molar-refractivity contribution >= 4 is 38.6 Å². The van der Waals surface area contributed by atoms with E-state index in [1.165, 1.54) is 0 Å². The highest BCUT2D eigenvalue weighted by atomic mass is 79.9. The molecule has 0 unspecified atom stereocenters. The minimum absolute atomic E-state index is 0.206. The van der Waals surface area contributed by atoms with Crippen molar-refractivity contribution in [1.29, 1.82) is 0 Å². The lowest BCUT2D eigenvalue weighted by Gasteiger charge is -2.10. The van der Waals surface area contributed by atoms with Crippen LogP contribution in [0.2, 0.25) is 0 Å². The highest BCUT2D eigenvalue weighted by Crippen LogP contribution is 2.21. The minimum Gasteiger partial charge on any atom is -0.408 e. The first-order valence-corrected chi connectivity index (χ1v) is 9.13. The van der Waals surface area contributed by atoms with E-state index in [4.69, 9.17) is 4.42 Å². The fourth-order valence-corrected chi connectivity index (χ4v) is 3.24. The van der Waals surface area contributed by atoms with Gasteiger partial charge in [-0.1, -0.05) is 0 Å². The molecule has 0 bridgehead atoms. The Morgan fingerprint density at radius 3 is 2.77 bits per heavy atom. The second kappa shape index (κ2) is 7.51. The van der Waals surface area contributed by atoms with Crippen molar-refractivity contribution in [1.82, 2.24) is 14.0 Å². The number of fused-ring (bicyclic) bond motifs is 1. The Morgan fingerprint density at radius 1 is 1.31 bits per heavy atom. The zero-order valence-corrected chi connectivity index (χ0v) is 16.5. The van der Waals surface area contributed by atoms with Gasteiger partial charge in [-0.25, -0.2) is 4.79 Å². The maximum Gasteiger partial charge on any atom is 0.419 e. The summed E-state index contributed by atoms with van der Waals surface area (Å²) in [4.78, 5) is 26.7. The van der Waals surface area contributed by atoms with Crippen LogP contribution in [0.25, 0.3) is 11.1 Å². The van der Waals surface area contributed by atoms with Gasteiger partial charge in [0.15, 0.2) is 5.58 Å². The molecule has 1 aromatic carbocycles. The van der Waals surface area contributed by atoms with E-state index in [0.717, 1.165) is 4.47 Å². The van der Waals surface area contributed by atoms with Gasteiger partial charge in [0.25, 0.3) is 5.91 Å². The first kappa shape index (κ1) is 18.5. The van der Waals surface area contributed by atoms with E-state index >= 15 is 0 Å². The molecule has 26 heavy (non-hydrogen) atoms. The Balaban J connectivity index is 1.89. The summed E-state index contributed by atoms with van der Waals surface area (Å²) in [6.07, 6.45) is 1.87. The Hall–Kier alpha value is -2.32. The number of rotatable bonds is 6. The second-order valence-corrected chi connectivity index (χ2v) is 7.20. The fourth-order valence-electron chi connectivity index (χ4n) is 2.77. The van der Waals surface area contributed by atoms with Gasteiger partial charge >= 0.3 is 5.76 Å². The first-order valence-electron chi connectivity index (χ1n) is 8.34. The van der Waals surface area contributed by atoms with E-state index in [-0.39, 0.29) is 5.91 Å². The highest BCUT2D eigenvalue weighted by Gasteiger charge is 2.15. The monoisotopic (exact) mass is 420 g/mol. The molecular weight excluding hydrogens is 400 g/mol. The Kier molecular flexibility index (Phi) is 5.33. The highest BCUT2D eigenvalue weighted by molar-refractivity contribution is 9.10. The molecule has 2 aromatic heterocycles. The van der Waals surface area contributed by atoms with Crippen molar-refractivity contribution in [2.24, 2.45) is 0 Å². The summed E-state index contributed by atoms with van der Waals surface area (Å²) < 4.78 is 9.58. The van der Waals surface area contributed by atoms with E-state index in [1.807, 2.05) is 36.7 Å². The van der Waals surface area contributed by atoms with Crippen LogP contribution in [0.5, 0.6) is 0 Å². The van der Waals surface area contributed by atoms with Crippen molar-refractivity contribution in [3.05, 3.63) is 51.2 Å². The van der Waals surface area contributed by atoms with Crippen LogP contribution in [0.15, 0.2) is 44.1 Å². The molecule has 1 amide bonds. The number of carbonyl (C=O) groups excluding carboxylic acids is 1. The number of benzene rings is 1. The largest absolute Gasteiger partial charge is 0.419 e. The number of anilines is 1. The number of likely N-dealkylation sites (N-methyl/N-ethyl adjacent to an activating group) is 1. The molecule has 2 heterocycles. The van der Waals surface area contributed by atoms with Gasteiger partial charge in [0.1, 0.15) is 5.69 Å². The summed E-state index contributed by atoms with van der Waals surface area (Å²) in [5, 5.41) is 2.89. The summed E-state index contributed by atoms with van der Waals surface area (Å²) in [6, 6.07) is 6.98. The number of oxazole rings is 1. The van der Waals surface area contributed by atoms with E-state index in [2.05, 4.69) is 21.2 Å². The van der Waals surface area contributed by atoms with Crippen molar-refractivity contribution in [3.8, 4) is 0 Å². The third kappa shape index (κ3) is 3.76. The van der Waals surface area contributed by atoms with E-state index in [0.29, 0.717) is 42.1 Å². The minimum atomic E-state index is -0.394. The molecule has 0 saturated heterocycles. The third-order valence-corrected chi connectivity index (χ3v) is 4.57. The summed E-state index contributed by atoms with van der Waals surface area (Å²) in [7, 11) is 3.89. The van der Waals surface area contributed by atoms with Gasteiger partial charge in [-0.05, 0) is 61.2 Å². The molecule has 3 aromatic rings. The molecular formula is C18H21BrN4O3. The van der Waals surface area contributed by atoms with Crippen LogP contribution in [-0.4, -0.2) is 40.6 Å². The van der Waals surface area contributed by atoms with Crippen molar-refractivity contribution in [3.63, 3.8) is 0 Å². The molecule has 0 saturated carbocycles. The van der Waals surface area contributed by atoms with Gasteiger partial charge in [0.2, 0.25) is 0 Å². The van der Waals surface area contributed by atoms with Crippen molar-refractivity contribution in [2.75, 3.05) is 26.0 Å². The number of carbonyl (C=O) groups is 1. The lowest BCUT2D eigenvalue weighted by atomic mass is 10.2. The van der Waals surface area contributed by atoms with Crippen LogP contribution in [0.1, 0.15) is 17.4 Å². The number of aryl methyl sites for hydroxylation is 1. The number of aromatic nitrogens is 2. The van der Waals surface area contributed by atoms with Crippen LogP contribution in [0.3, 0.4) is 0 Å². The average molecular weight is 421 g/mol. The molecule has 138 valence electrons. The normalized spacial score (nSPS) is 11.4. The maximum absolute atomic E-state index is 12.6. The third-order valence-electron chi connectivity index (χ3n) is 4.13. The van der Waals surface area contributed by atoms with Crippen LogP contribution < -0.4 is 11.1 Å². The molecule has 7 nitrogen and oxygen atoms in total. The van der Waals surface area contributed by atoms with Crippen molar-refractivity contribution < 1.29 is 9.21 Å². The van der Waals surface area contributed by atoms with Crippen molar-refractivity contribution in [2.45, 2.75) is 20.0 Å². The fraction of sp³-hybridized carbons (Fsp3) is 0.333. The molecule has 0 aliphatic carbocycles. The number of nitrogens with zero attached hydrogens (tertiary/aromatic N) is 3. The van der Waals surface area contributed by atoms with E-state index in [9.17, 15) is 9.59 Å². The number of amides is 1. The SMILES string of the molecule is CCn1cc(Br)cc1C(=O)Nc1ccc2oc(=O)n(CCN(C)C)c2c1. The summed E-state index contributed by atoms with van der Waals surface area (Å²) in [5.74, 6) is -0.600. The predicted octanol–water partition coefficient (Wildman–Crippen LogP) is 2.99. The molecule has 0 fully saturated rings. The zero-order valence-electron chi connectivity index (χ0n) is 15.0. The number of halogens is 1. The zero-order chi connectivity index (χ0) is 18.8. The van der Waals surface area contributed by atoms with Gasteiger partial charge in [-0.3, -0.25) is 9.36 Å². The standard InChI is InChI=1S/C18H21BrN4O3/c1-4-22-11-12(19)9-15(22)17(24)20-13-5-6-16-14(10-13)23(18(25)26-16)8-7-21(2)3/h5-6,9-11H,4,7-8H2,1-3H3,(H,20,24). The second-order valence-electron chi connectivity index (χ2n) is 6.29. The van der Waals surface area contributed by atoms with Gasteiger partial charge < -0.3 is 19.2 Å². The summed E-state index contributed by atoms with van der Waals surface area (Å²) in [6.45, 7) is 3.90. The maximum atomic E-state index is 12.6. The summed E-state index contributed by atoms with van der Waals surface area (Å²) >= 11 is 3.40. The molecule has 3 rings (SSSR count). The van der Waals surface area contributed by atoms with Gasteiger partial charge in [0.05, 0.1) is 5.52 Å². The van der Waals surface area contributed by atoms with Crippen LogP contribution in [-0.2, 0) is 13.1 Å². The first-order chi connectivity index (χ1) is 12.4. The molecule has 0 aliphatic rings. The summed E-state index contributed by atoms with van der Waals surface area (Å²) in [5.41, 5.74) is 2.35. The average Bonchev–Trinajstić information content (AvgIpc) is 3.12. The van der Waals surface area contributed by atoms with Crippen LogP contribution in [0.4, 0.5) is 5.69 Å². The van der Waals surface area contributed by atoms with E-state index < -0.39 is 5.76 Å². The van der Waals surface area contributed by atoms with Crippen LogP contribution in [0, 0.1) is 0 Å². The van der Waals surface area contributed by atoms with Gasteiger partial charge in [-0.2, -0.15) is 0 Å². The van der Waals surface area contributed by atoms with Gasteiger partial charge in [0, 0.05) is 36.0 Å². The number of hydrogen-bond acceptors (Lipinski definition) is 4. The Labute approximate surface area is 159 Å². The molecule has 0 spiro atoms. The van der Waals surface area contributed by atoms with E-state index in [1.54, 1.807) is 28.8 Å². The molecule has 0 radical (unpaired) electrons. The molecule has 0 atom stereocenters. The Bertz CT molecular complexity index is 1000. The van der Waals surface area contributed by atoms with Gasteiger partial charge in [-0.15, -0.1) is 0 Å². The van der Waals surface area contributed by atoms with Crippen LogP contribution >= 0.6 is 15.9 Å². The smallest absolute Gasteiger partial charge is 0.408 e.